The molecule has 4 heavy (non-hydrogen) atoms. The van der Waals surface area contributed by atoms with Gasteiger partial charge in [-0.25, -0.2) is 5.41 Å². The van der Waals surface area contributed by atoms with Crippen molar-refractivity contribution >= 4 is 17.4 Å². The molecule has 0 heterocycles. The van der Waals surface area contributed by atoms with E-state index in [9.17, 15) is 0 Å². The fourth-order valence-electron chi connectivity index (χ4n) is 0. The Morgan fingerprint density at radius 2 is 2.00 bits per heavy atom. The number of rotatable bonds is 0. The minimum absolute atomic E-state index is 0. The molecule has 0 bridgehead atoms. The molecule has 0 aromatic carbocycles. The van der Waals surface area contributed by atoms with Crippen molar-refractivity contribution < 1.29 is 20.3 Å². The number of thiocarbonyl (C=S) groups is 1. The topological polar surface area (TPSA) is 23.9 Å². The Labute approximate surface area is 43.6 Å². The van der Waals surface area contributed by atoms with Gasteiger partial charge in [0.15, 0.2) is 0 Å². The third-order valence-electron chi connectivity index (χ3n) is 0. The number of hydrogen-bond donors (Lipinski definition) is 1. The van der Waals surface area contributed by atoms with Gasteiger partial charge in [-0.05, 0) is 12.2 Å². The Balaban J connectivity index is -0.0000000200. The van der Waals surface area contributed by atoms with Crippen molar-refractivity contribution in [3.05, 3.63) is 0 Å². The summed E-state index contributed by atoms with van der Waals surface area (Å²) in [5.74, 6) is 0. The molecule has 3 heteroatoms. The van der Waals surface area contributed by atoms with Crippen molar-refractivity contribution in [2.24, 2.45) is 0 Å². The van der Waals surface area contributed by atoms with Crippen LogP contribution in [-0.2, 0) is 0 Å². The molecule has 0 aliphatic carbocycles. The maximum atomic E-state index is 5.77. The van der Waals surface area contributed by atoms with Gasteiger partial charge in [0.2, 0.25) is 0 Å². The fourth-order valence-corrected chi connectivity index (χ4v) is 0. The van der Waals surface area contributed by atoms with Crippen LogP contribution >= 0.6 is 12.2 Å². The summed E-state index contributed by atoms with van der Waals surface area (Å²) >= 11 is 3.81. The SMILES string of the molecule is N=C=S.[H-].[Li+]. The monoisotopic (exact) mass is 67.0 g/mol. The molecule has 18 valence electrons. The molecular weight excluding hydrogens is 65.0 g/mol. The predicted molar refractivity (Wildman–Crippen MR) is 16.4 cm³/mol. The van der Waals surface area contributed by atoms with Gasteiger partial charge in [0.05, 0.1) is 5.16 Å². The van der Waals surface area contributed by atoms with Crippen molar-refractivity contribution in [3.63, 3.8) is 0 Å². The normalized spacial score (nSPS) is 2.00. The van der Waals surface area contributed by atoms with Gasteiger partial charge in [-0.2, -0.15) is 0 Å². The van der Waals surface area contributed by atoms with Crippen molar-refractivity contribution in [1.29, 1.82) is 5.41 Å². The van der Waals surface area contributed by atoms with Crippen LogP contribution in [0, 0.1) is 5.41 Å². The average molecular weight is 67.0 g/mol. The van der Waals surface area contributed by atoms with Crippen LogP contribution in [-0.4, -0.2) is 5.16 Å². The Hall–Kier alpha value is 0.397. The van der Waals surface area contributed by atoms with Crippen LogP contribution in [0.2, 0.25) is 0 Å². The Kier molecular flexibility index (Phi) is 22.1. The summed E-state index contributed by atoms with van der Waals surface area (Å²) in [5.41, 5.74) is 0. The van der Waals surface area contributed by atoms with E-state index in [1.807, 2.05) is 0 Å². The van der Waals surface area contributed by atoms with Crippen LogP contribution in [0.15, 0.2) is 0 Å². The van der Waals surface area contributed by atoms with Gasteiger partial charge >= 0.3 is 18.9 Å². The second kappa shape index (κ2) is 10.00. The molecular formula is CH2LiNS. The Morgan fingerprint density at radius 3 is 2.00 bits per heavy atom. The van der Waals surface area contributed by atoms with Crippen LogP contribution in [0.5, 0.6) is 0 Å². The zero-order chi connectivity index (χ0) is 2.71. The van der Waals surface area contributed by atoms with Crippen LogP contribution in [0.3, 0.4) is 0 Å². The minimum atomic E-state index is 0. The zero-order valence-corrected chi connectivity index (χ0v) is 3.22. The standard InChI is InChI=1S/CHNS.Li.H/c2-1-3;;/h2H;;/q;+1;-1. The maximum absolute atomic E-state index is 5.77. The molecule has 0 aromatic rings. The van der Waals surface area contributed by atoms with E-state index in [4.69, 9.17) is 5.41 Å². The third-order valence-corrected chi connectivity index (χ3v) is 0. The summed E-state index contributed by atoms with van der Waals surface area (Å²) in [4.78, 5) is 0. The van der Waals surface area contributed by atoms with E-state index in [1.54, 1.807) is 5.16 Å². The molecule has 0 fully saturated rings. The molecule has 0 amide bonds. The molecule has 0 aliphatic rings. The number of hydrogen-bond acceptors (Lipinski definition) is 2. The van der Waals surface area contributed by atoms with E-state index in [0.29, 0.717) is 0 Å². The van der Waals surface area contributed by atoms with Crippen molar-refractivity contribution in [2.45, 2.75) is 0 Å². The van der Waals surface area contributed by atoms with Crippen LogP contribution < -0.4 is 18.9 Å². The van der Waals surface area contributed by atoms with E-state index >= 15 is 0 Å². The van der Waals surface area contributed by atoms with Gasteiger partial charge in [0.1, 0.15) is 0 Å². The summed E-state index contributed by atoms with van der Waals surface area (Å²) in [6.45, 7) is 0. The second-order valence-electron chi connectivity index (χ2n) is 0.102. The molecule has 0 saturated heterocycles. The molecule has 0 saturated carbocycles. The van der Waals surface area contributed by atoms with Gasteiger partial charge in [-0.3, -0.25) is 0 Å². The first kappa shape index (κ1) is 8.83. The Bertz CT molecular complexity index is 32.6. The van der Waals surface area contributed by atoms with Gasteiger partial charge in [0.25, 0.3) is 0 Å². The summed E-state index contributed by atoms with van der Waals surface area (Å²) < 4.78 is 0. The van der Waals surface area contributed by atoms with Crippen molar-refractivity contribution in [2.75, 3.05) is 0 Å². The number of isothiocyanates is 1. The van der Waals surface area contributed by atoms with Gasteiger partial charge < -0.3 is 1.43 Å². The first-order valence-electron chi connectivity index (χ1n) is 0.454. The van der Waals surface area contributed by atoms with E-state index in [-0.39, 0.29) is 20.3 Å². The van der Waals surface area contributed by atoms with E-state index < -0.39 is 0 Å². The van der Waals surface area contributed by atoms with Crippen molar-refractivity contribution in [1.82, 2.24) is 0 Å². The Morgan fingerprint density at radius 1 is 2.00 bits per heavy atom. The van der Waals surface area contributed by atoms with Crippen LogP contribution in [0.1, 0.15) is 1.43 Å². The summed E-state index contributed by atoms with van der Waals surface area (Å²) in [7, 11) is 0. The molecule has 0 radical (unpaired) electrons. The molecule has 0 atom stereocenters. The first-order chi connectivity index (χ1) is 1.41. The second-order valence-corrected chi connectivity index (χ2v) is 0.306. The zero-order valence-electron chi connectivity index (χ0n) is 3.41. The van der Waals surface area contributed by atoms with E-state index in [1.165, 1.54) is 0 Å². The maximum Gasteiger partial charge on any atom is 1.00 e. The molecule has 0 spiro atoms. The minimum Gasteiger partial charge on any atom is -1.00 e. The molecule has 0 aliphatic heterocycles. The summed E-state index contributed by atoms with van der Waals surface area (Å²) in [6, 6.07) is 0. The number of nitrogens with one attached hydrogen (secondary N) is 1. The van der Waals surface area contributed by atoms with E-state index in [0.717, 1.165) is 0 Å². The molecule has 1 nitrogen and oxygen atoms in total. The van der Waals surface area contributed by atoms with Crippen LogP contribution in [0.4, 0.5) is 0 Å². The largest absolute Gasteiger partial charge is 1.00 e. The third kappa shape index (κ3) is 29.6. The van der Waals surface area contributed by atoms with Gasteiger partial charge in [-0.15, -0.1) is 0 Å². The summed E-state index contributed by atoms with van der Waals surface area (Å²) in [5, 5.41) is 7.36. The van der Waals surface area contributed by atoms with Gasteiger partial charge in [-0.1, -0.05) is 0 Å². The van der Waals surface area contributed by atoms with E-state index in [2.05, 4.69) is 12.2 Å². The first-order valence-corrected chi connectivity index (χ1v) is 0.862. The predicted octanol–water partition coefficient (Wildman–Crippen LogP) is -2.22. The van der Waals surface area contributed by atoms with Gasteiger partial charge in [0, 0.05) is 0 Å². The molecule has 0 unspecified atom stereocenters. The smallest absolute Gasteiger partial charge is 1.00 e. The molecule has 1 N–H and O–H groups in total. The quantitative estimate of drug-likeness (QED) is 0.194. The summed E-state index contributed by atoms with van der Waals surface area (Å²) in [6.07, 6.45) is 0. The van der Waals surface area contributed by atoms with Crippen molar-refractivity contribution in [3.8, 4) is 0 Å². The molecule has 0 rings (SSSR count). The fraction of sp³-hybridized carbons (Fsp3) is 0. The van der Waals surface area contributed by atoms with Crippen LogP contribution in [0.25, 0.3) is 0 Å². The average Bonchev–Trinajstić information content (AvgIpc) is 0.918. The molecule has 0 aromatic heterocycles.